The molecule has 0 N–H and O–H groups in total. The fourth-order valence-electron chi connectivity index (χ4n) is 11.4. The van der Waals surface area contributed by atoms with Gasteiger partial charge in [-0.05, 0) is 97.9 Å². The van der Waals surface area contributed by atoms with Crippen LogP contribution >= 0.6 is 34.4 Å². The van der Waals surface area contributed by atoms with Gasteiger partial charge < -0.3 is 0 Å². The summed E-state index contributed by atoms with van der Waals surface area (Å²) in [4.78, 5) is 14.5. The van der Waals surface area contributed by atoms with Gasteiger partial charge in [0.05, 0.1) is 23.1 Å². The van der Waals surface area contributed by atoms with Crippen LogP contribution < -0.4 is 0 Å². The summed E-state index contributed by atoms with van der Waals surface area (Å²) in [5, 5.41) is 0. The third-order valence-electron chi connectivity index (χ3n) is 16.0. The Bertz CT molecular complexity index is 2600. The summed E-state index contributed by atoms with van der Waals surface area (Å²) in [5.74, 6) is 1.08. The predicted molar refractivity (Wildman–Crippen MR) is 324 cm³/mol. The highest BCUT2D eigenvalue weighted by Crippen LogP contribution is 2.48. The van der Waals surface area contributed by atoms with E-state index in [-0.39, 0.29) is 11.6 Å². The van der Waals surface area contributed by atoms with E-state index in [1.165, 1.54) is 166 Å². The molecule has 2 unspecified atom stereocenters. The third kappa shape index (κ3) is 16.6. The van der Waals surface area contributed by atoms with Crippen molar-refractivity contribution in [1.82, 2.24) is 18.7 Å². The second-order valence-corrected chi connectivity index (χ2v) is 24.5. The molecular formula is C66H90F2N4S3. The molecule has 0 amide bonds. The first-order valence-corrected chi connectivity index (χ1v) is 32.4. The maximum atomic E-state index is 16.3. The summed E-state index contributed by atoms with van der Waals surface area (Å²) < 4.78 is 42.5. The van der Waals surface area contributed by atoms with Gasteiger partial charge >= 0.3 is 0 Å². The standard InChI is InChI=1S/C66H90F2N4S3/c1-7-13-17-21-23-27-31-47(29-25-19-15-9-3)33-35-49-37-39-51(53(67)45-49)57-41-43-59(73-57)61-63-64(70-56(12-6)55(11-5)69-63)62(66-65(61)71-75-72-66)60-44-42-58(74-60)52-40-38-50(46-54(52)68)36-34-48(30-26-20-16-10-4)32-28-24-22-18-14-8-2/h37-48H,7-36H2,1-6H3. The van der Waals surface area contributed by atoms with E-state index in [1.54, 1.807) is 34.8 Å². The Kier molecular flexibility index (Phi) is 24.7. The number of thiophene rings is 2. The van der Waals surface area contributed by atoms with Gasteiger partial charge in [-0.1, -0.05) is 220 Å². The highest BCUT2D eigenvalue weighted by Gasteiger charge is 2.26. The molecule has 0 radical (unpaired) electrons. The average molecular weight is 1070 g/mol. The summed E-state index contributed by atoms with van der Waals surface area (Å²) >= 11 is 4.34. The van der Waals surface area contributed by atoms with Crippen LogP contribution in [0, 0.1) is 23.5 Å². The summed E-state index contributed by atoms with van der Waals surface area (Å²) in [5.41, 5.74) is 10.2. The van der Waals surface area contributed by atoms with Crippen LogP contribution in [0.4, 0.5) is 8.78 Å². The summed E-state index contributed by atoms with van der Waals surface area (Å²) in [6, 6.07) is 20.1. The van der Waals surface area contributed by atoms with Gasteiger partial charge in [0.2, 0.25) is 0 Å². The van der Waals surface area contributed by atoms with Crippen molar-refractivity contribution in [3.05, 3.63) is 94.8 Å². The number of aromatic nitrogens is 4. The molecule has 75 heavy (non-hydrogen) atoms. The summed E-state index contributed by atoms with van der Waals surface area (Å²) in [6.07, 6.45) is 37.1. The lowest BCUT2D eigenvalue weighted by Gasteiger charge is -2.17. The number of rotatable bonds is 36. The SMILES string of the molecule is CCCCCCCCC(CCCCCC)CCc1ccc(-c2ccc(-c3c4nsnc4c(-c4ccc(-c5ccc(CCC(CCCCCC)CCCCCCCC)cc5F)s4)c4nc(CC)c(CC)nc34)s2)c(F)c1. The molecule has 9 heteroatoms. The van der Waals surface area contributed by atoms with Gasteiger partial charge in [0.1, 0.15) is 33.7 Å². The molecule has 0 aliphatic rings. The Balaban J connectivity index is 1.11. The van der Waals surface area contributed by atoms with Crippen LogP contribution in [-0.2, 0) is 25.7 Å². The van der Waals surface area contributed by atoms with Crippen LogP contribution in [0.1, 0.15) is 231 Å². The molecule has 0 aliphatic carbocycles. The van der Waals surface area contributed by atoms with Crippen LogP contribution in [0.2, 0.25) is 0 Å². The average Bonchev–Trinajstić information content (AvgIpc) is 4.23. The van der Waals surface area contributed by atoms with Crippen molar-refractivity contribution in [3.8, 4) is 41.8 Å². The van der Waals surface area contributed by atoms with Crippen molar-refractivity contribution in [2.24, 2.45) is 11.8 Å². The molecule has 4 heterocycles. The Labute approximate surface area is 463 Å². The second kappa shape index (κ2) is 31.5. The molecule has 4 aromatic heterocycles. The number of hydrogen-bond donors (Lipinski definition) is 0. The molecule has 2 atom stereocenters. The molecule has 0 spiro atoms. The number of hydrogen-bond acceptors (Lipinski definition) is 7. The minimum atomic E-state index is -0.169. The summed E-state index contributed by atoms with van der Waals surface area (Å²) in [6.45, 7) is 13.4. The topological polar surface area (TPSA) is 51.6 Å². The molecule has 0 saturated heterocycles. The molecule has 0 bridgehead atoms. The van der Waals surface area contributed by atoms with E-state index in [0.29, 0.717) is 23.0 Å². The van der Waals surface area contributed by atoms with Gasteiger partial charge in [-0.25, -0.2) is 18.7 Å². The van der Waals surface area contributed by atoms with Crippen molar-refractivity contribution in [2.45, 2.75) is 234 Å². The zero-order valence-electron chi connectivity index (χ0n) is 46.9. The molecule has 0 fully saturated rings. The molecule has 4 nitrogen and oxygen atoms in total. The lowest BCUT2D eigenvalue weighted by atomic mass is 9.89. The third-order valence-corrected chi connectivity index (χ3v) is 18.8. The fourth-order valence-corrected chi connectivity index (χ4v) is 14.2. The minimum absolute atomic E-state index is 0.169. The van der Waals surface area contributed by atoms with E-state index in [4.69, 9.17) is 18.7 Å². The lowest BCUT2D eigenvalue weighted by molar-refractivity contribution is 0.381. The zero-order chi connectivity index (χ0) is 52.8. The Morgan fingerprint density at radius 2 is 0.733 bits per heavy atom. The van der Waals surface area contributed by atoms with Gasteiger partial charge in [-0.2, -0.15) is 8.75 Å². The summed E-state index contributed by atoms with van der Waals surface area (Å²) in [7, 11) is 0. The predicted octanol–water partition coefficient (Wildman–Crippen LogP) is 22.4. The number of halogens is 2. The molecule has 7 aromatic rings. The first-order valence-electron chi connectivity index (χ1n) is 30.1. The maximum Gasteiger partial charge on any atom is 0.132 e. The molecule has 3 aromatic carbocycles. The molecule has 0 aliphatic heterocycles. The quantitative estimate of drug-likeness (QED) is 0.0367. The van der Waals surface area contributed by atoms with Crippen molar-refractivity contribution < 1.29 is 8.78 Å². The highest BCUT2D eigenvalue weighted by atomic mass is 32.1. The van der Waals surface area contributed by atoms with Crippen molar-refractivity contribution in [1.29, 1.82) is 0 Å². The Morgan fingerprint density at radius 3 is 1.09 bits per heavy atom. The normalized spacial score (nSPS) is 12.7. The van der Waals surface area contributed by atoms with Crippen molar-refractivity contribution >= 4 is 56.5 Å². The van der Waals surface area contributed by atoms with E-state index in [2.05, 4.69) is 65.8 Å². The van der Waals surface area contributed by atoms with E-state index in [9.17, 15) is 0 Å². The van der Waals surface area contributed by atoms with Crippen LogP contribution in [0.3, 0.4) is 0 Å². The number of nitrogens with zero attached hydrogens (tertiary/aromatic N) is 4. The van der Waals surface area contributed by atoms with Gasteiger partial charge in [0.15, 0.2) is 0 Å². The number of benzene rings is 3. The Hall–Kier alpha value is -3.92. The first-order chi connectivity index (χ1) is 36.8. The monoisotopic (exact) mass is 1070 g/mol. The van der Waals surface area contributed by atoms with E-state index >= 15 is 8.78 Å². The van der Waals surface area contributed by atoms with E-state index in [1.807, 2.05) is 24.3 Å². The van der Waals surface area contributed by atoms with Gasteiger partial charge in [-0.15, -0.1) is 22.7 Å². The zero-order valence-corrected chi connectivity index (χ0v) is 49.4. The first kappa shape index (κ1) is 58.8. The van der Waals surface area contributed by atoms with E-state index < -0.39 is 0 Å². The van der Waals surface area contributed by atoms with Crippen LogP contribution in [0.15, 0.2) is 60.7 Å². The van der Waals surface area contributed by atoms with Crippen LogP contribution in [0.25, 0.3) is 63.8 Å². The maximum absolute atomic E-state index is 16.3. The van der Waals surface area contributed by atoms with Crippen LogP contribution in [-0.4, -0.2) is 18.7 Å². The molecule has 7 rings (SSSR count). The van der Waals surface area contributed by atoms with Gasteiger partial charge in [0, 0.05) is 41.8 Å². The minimum Gasteiger partial charge on any atom is -0.249 e. The van der Waals surface area contributed by atoms with Gasteiger partial charge in [0.25, 0.3) is 0 Å². The second-order valence-electron chi connectivity index (χ2n) is 21.8. The van der Waals surface area contributed by atoms with Crippen LogP contribution in [0.5, 0.6) is 0 Å². The number of unbranched alkanes of at least 4 members (excludes halogenated alkanes) is 16. The highest BCUT2D eigenvalue weighted by molar-refractivity contribution is 7.19. The molecule has 0 saturated carbocycles. The smallest absolute Gasteiger partial charge is 0.132 e. The van der Waals surface area contributed by atoms with Crippen molar-refractivity contribution in [2.75, 3.05) is 0 Å². The lowest BCUT2D eigenvalue weighted by Crippen LogP contribution is -2.04. The van der Waals surface area contributed by atoms with E-state index in [0.717, 1.165) is 114 Å². The van der Waals surface area contributed by atoms with Gasteiger partial charge in [-0.3, -0.25) is 0 Å². The fraction of sp³-hybridized carbons (Fsp3) is 0.576. The van der Waals surface area contributed by atoms with Crippen molar-refractivity contribution in [3.63, 3.8) is 0 Å². The largest absolute Gasteiger partial charge is 0.249 e. The molecular weight excluding hydrogens is 983 g/mol. The molecule has 406 valence electrons. The Morgan fingerprint density at radius 1 is 0.387 bits per heavy atom. The number of fused-ring (bicyclic) bond motifs is 2. The number of aryl methyl sites for hydroxylation is 4.